The second kappa shape index (κ2) is 11.5. The number of carbonyl (C=O) groups is 6. The van der Waals surface area contributed by atoms with E-state index in [1.807, 2.05) is 0 Å². The zero-order valence-electron chi connectivity index (χ0n) is 19.8. The van der Waals surface area contributed by atoms with Gasteiger partial charge in [-0.3, -0.25) is 39.4 Å². The van der Waals surface area contributed by atoms with Crippen molar-refractivity contribution in [2.45, 2.75) is 35.5 Å². The number of nitro benzene ring substituents is 2. The van der Waals surface area contributed by atoms with Crippen molar-refractivity contribution in [2.24, 2.45) is 0 Å². The van der Waals surface area contributed by atoms with Crippen LogP contribution >= 0.6 is 21.6 Å². The van der Waals surface area contributed by atoms with E-state index in [1.54, 1.807) is 0 Å². The average Bonchev–Trinajstić information content (AvgIpc) is 3.41. The van der Waals surface area contributed by atoms with Crippen LogP contribution in [0.25, 0.3) is 0 Å². The van der Waals surface area contributed by atoms with Gasteiger partial charge < -0.3 is 9.68 Å². The minimum absolute atomic E-state index is 0.170. The molecule has 2 heterocycles. The largest absolute Gasteiger partial charge is 0.370 e. The van der Waals surface area contributed by atoms with Crippen LogP contribution in [0.15, 0.2) is 46.2 Å². The van der Waals surface area contributed by atoms with Crippen LogP contribution in [0.1, 0.15) is 46.4 Å². The summed E-state index contributed by atoms with van der Waals surface area (Å²) in [6, 6.07) is 6.79. The van der Waals surface area contributed by atoms with E-state index in [0.29, 0.717) is 0 Å². The van der Waals surface area contributed by atoms with E-state index in [1.165, 1.54) is 12.1 Å². The molecule has 0 N–H and O–H groups in total. The Morgan fingerprint density at radius 1 is 0.650 bits per heavy atom. The van der Waals surface area contributed by atoms with E-state index in [0.717, 1.165) is 45.9 Å². The summed E-state index contributed by atoms with van der Waals surface area (Å²) in [6.07, 6.45) is -0.682. The Balaban J connectivity index is 1.54. The molecular weight excluding hydrogens is 576 g/mol. The molecule has 0 saturated carbocycles. The van der Waals surface area contributed by atoms with Crippen molar-refractivity contribution in [3.63, 3.8) is 0 Å². The molecule has 0 bridgehead atoms. The van der Waals surface area contributed by atoms with Crippen molar-refractivity contribution >= 4 is 68.5 Å². The molecule has 0 radical (unpaired) electrons. The lowest BCUT2D eigenvalue weighted by atomic mass is 10.2. The highest BCUT2D eigenvalue weighted by molar-refractivity contribution is 8.76. The van der Waals surface area contributed by atoms with Crippen LogP contribution in [0.2, 0.25) is 0 Å². The van der Waals surface area contributed by atoms with Gasteiger partial charge >= 0.3 is 11.9 Å². The zero-order chi connectivity index (χ0) is 29.1. The number of nitro groups is 2. The number of benzene rings is 2. The maximum Gasteiger partial charge on any atom is 0.370 e. The Morgan fingerprint density at radius 3 is 1.27 bits per heavy atom. The van der Waals surface area contributed by atoms with E-state index in [2.05, 4.69) is 0 Å². The summed E-state index contributed by atoms with van der Waals surface area (Å²) in [7, 11) is 1.87. The molecule has 0 aromatic heterocycles. The van der Waals surface area contributed by atoms with Crippen LogP contribution in [0.5, 0.6) is 0 Å². The molecule has 0 aliphatic carbocycles. The highest BCUT2D eigenvalue weighted by atomic mass is 33.1. The van der Waals surface area contributed by atoms with Gasteiger partial charge in [0.25, 0.3) is 35.0 Å². The Hall–Kier alpha value is -4.84. The molecule has 2 aliphatic rings. The molecule has 2 aromatic rings. The number of carbonyl (C=O) groups excluding carboxylic acids is 6. The van der Waals surface area contributed by atoms with E-state index in [-0.39, 0.29) is 45.6 Å². The molecule has 4 amide bonds. The third-order valence-electron chi connectivity index (χ3n) is 5.36. The van der Waals surface area contributed by atoms with Crippen molar-refractivity contribution in [3.8, 4) is 0 Å². The molecule has 2 aromatic carbocycles. The molecule has 18 heteroatoms. The number of hydroxylamine groups is 4. The van der Waals surface area contributed by atoms with Crippen molar-refractivity contribution in [1.29, 1.82) is 0 Å². The van der Waals surface area contributed by atoms with Crippen LogP contribution in [0.4, 0.5) is 11.4 Å². The van der Waals surface area contributed by atoms with Gasteiger partial charge in [-0.15, -0.1) is 10.1 Å². The van der Waals surface area contributed by atoms with Crippen LogP contribution in [-0.4, -0.2) is 55.5 Å². The second-order valence-electron chi connectivity index (χ2n) is 7.96. The Labute approximate surface area is 230 Å². The topological polar surface area (TPSA) is 214 Å². The second-order valence-corrected chi connectivity index (χ2v) is 10.2. The number of hydrogen-bond acceptors (Lipinski definition) is 14. The van der Waals surface area contributed by atoms with Crippen molar-refractivity contribution < 1.29 is 48.3 Å². The summed E-state index contributed by atoms with van der Waals surface area (Å²) in [5.41, 5.74) is -2.39. The van der Waals surface area contributed by atoms with Gasteiger partial charge in [0.2, 0.25) is 0 Å². The predicted molar refractivity (Wildman–Crippen MR) is 131 cm³/mol. The van der Waals surface area contributed by atoms with Crippen LogP contribution in [-0.2, 0) is 28.9 Å². The fraction of sp³-hybridized carbons (Fsp3) is 0.182. The maximum atomic E-state index is 12.6. The van der Waals surface area contributed by atoms with E-state index in [4.69, 9.17) is 9.68 Å². The summed E-state index contributed by atoms with van der Waals surface area (Å²) >= 11 is 0. The lowest BCUT2D eigenvalue weighted by Gasteiger charge is -2.13. The molecule has 40 heavy (non-hydrogen) atoms. The van der Waals surface area contributed by atoms with Gasteiger partial charge in [0.15, 0.2) is 0 Å². The molecule has 2 saturated heterocycles. The highest BCUT2D eigenvalue weighted by Gasteiger charge is 2.36. The molecule has 0 spiro atoms. The van der Waals surface area contributed by atoms with Gasteiger partial charge in [0.05, 0.1) is 9.85 Å². The van der Waals surface area contributed by atoms with Crippen LogP contribution in [0, 0.1) is 20.2 Å². The Bertz CT molecular complexity index is 1370. The molecule has 0 atom stereocenters. The highest BCUT2D eigenvalue weighted by Crippen LogP contribution is 2.40. The first-order valence-corrected chi connectivity index (χ1v) is 13.2. The van der Waals surface area contributed by atoms with Crippen LogP contribution < -0.4 is 0 Å². The molecule has 4 rings (SSSR count). The number of imide groups is 2. The smallest absolute Gasteiger partial charge is 0.325 e. The molecule has 2 aliphatic heterocycles. The normalized spacial score (nSPS) is 15.0. The number of amides is 4. The van der Waals surface area contributed by atoms with Crippen molar-refractivity contribution in [1.82, 2.24) is 10.1 Å². The number of hydrogen-bond donors (Lipinski definition) is 0. The van der Waals surface area contributed by atoms with E-state index in [9.17, 15) is 49.0 Å². The Morgan fingerprint density at radius 2 is 0.975 bits per heavy atom. The van der Waals surface area contributed by atoms with Gasteiger partial charge in [0, 0.05) is 47.6 Å². The monoisotopic (exact) mass is 590 g/mol. The summed E-state index contributed by atoms with van der Waals surface area (Å²) in [5, 5.41) is 23.4. The minimum Gasteiger partial charge on any atom is -0.325 e. The first-order chi connectivity index (χ1) is 19.0. The average molecular weight is 591 g/mol. The Kier molecular flexibility index (Phi) is 8.10. The summed E-state index contributed by atoms with van der Waals surface area (Å²) in [6.45, 7) is 0. The third-order valence-corrected chi connectivity index (χ3v) is 7.74. The van der Waals surface area contributed by atoms with Gasteiger partial charge in [-0.2, -0.15) is 0 Å². The first kappa shape index (κ1) is 28.2. The van der Waals surface area contributed by atoms with Crippen molar-refractivity contribution in [3.05, 3.63) is 67.8 Å². The maximum absolute atomic E-state index is 12.6. The molecule has 206 valence electrons. The lowest BCUT2D eigenvalue weighted by Crippen LogP contribution is -2.32. The fourth-order valence-electron chi connectivity index (χ4n) is 3.46. The standard InChI is InChI=1S/C22H14N4O12S2/c27-17-5-6-18(28)23(17)37-21(31)13-9-11(1-3-15(13)25(33)34)39-40-12-2-4-16(26(35)36)14(10-12)22(32)38-24-19(29)7-8-20(24)30/h1-4,9-10H,5-8H2. The van der Waals surface area contributed by atoms with Gasteiger partial charge in [-0.05, 0) is 24.3 Å². The molecule has 0 unspecified atom stereocenters. The molecular formula is C22H14N4O12S2. The quantitative estimate of drug-likeness (QED) is 0.178. The SMILES string of the molecule is O=C(ON1C(=O)CCC1=O)c1cc(SSc2ccc([N+](=O)[O-])c(C(=O)ON3C(=O)CCC3=O)c2)ccc1[N+](=O)[O-]. The fourth-order valence-corrected chi connectivity index (χ4v) is 5.43. The summed E-state index contributed by atoms with van der Waals surface area (Å²) in [4.78, 5) is 103. The van der Waals surface area contributed by atoms with Crippen molar-refractivity contribution in [2.75, 3.05) is 0 Å². The minimum atomic E-state index is -1.31. The first-order valence-electron chi connectivity index (χ1n) is 11.0. The van der Waals surface area contributed by atoms with Gasteiger partial charge in [0.1, 0.15) is 11.1 Å². The molecule has 2 fully saturated rings. The third kappa shape index (κ3) is 5.91. The predicted octanol–water partition coefficient (Wildman–Crippen LogP) is 2.74. The zero-order valence-corrected chi connectivity index (χ0v) is 21.4. The van der Waals surface area contributed by atoms with Gasteiger partial charge in [-0.1, -0.05) is 21.6 Å². The van der Waals surface area contributed by atoms with E-state index < -0.39 is 67.9 Å². The lowest BCUT2D eigenvalue weighted by molar-refractivity contribution is -0.385. The number of rotatable bonds is 9. The van der Waals surface area contributed by atoms with Gasteiger partial charge in [-0.25, -0.2) is 9.59 Å². The molecule has 16 nitrogen and oxygen atoms in total. The summed E-state index contributed by atoms with van der Waals surface area (Å²) < 4.78 is 0. The summed E-state index contributed by atoms with van der Waals surface area (Å²) in [5.74, 6) is -5.70. The van der Waals surface area contributed by atoms with Crippen LogP contribution in [0.3, 0.4) is 0 Å². The van der Waals surface area contributed by atoms with E-state index >= 15 is 0 Å². The number of nitrogens with zero attached hydrogens (tertiary/aromatic N) is 4.